The van der Waals surface area contributed by atoms with E-state index in [-0.39, 0.29) is 41.1 Å². The third kappa shape index (κ3) is 2.75. The van der Waals surface area contributed by atoms with Crippen molar-refractivity contribution in [2.75, 3.05) is 0 Å². The van der Waals surface area contributed by atoms with Crippen LogP contribution in [0, 0.1) is 0 Å². The second-order valence-electron chi connectivity index (χ2n) is 1.52. The molecule has 0 atom stereocenters. The van der Waals surface area contributed by atoms with Crippen molar-refractivity contribution in [3.8, 4) is 11.5 Å². The van der Waals surface area contributed by atoms with Gasteiger partial charge in [-0.1, -0.05) is 0 Å². The molecule has 0 spiro atoms. The van der Waals surface area contributed by atoms with Crippen molar-refractivity contribution in [1.29, 1.82) is 0 Å². The minimum atomic E-state index is 0. The summed E-state index contributed by atoms with van der Waals surface area (Å²) in [6.07, 6.45) is 0. The van der Waals surface area contributed by atoms with Crippen LogP contribution in [0.2, 0.25) is 0 Å². The van der Waals surface area contributed by atoms with Crippen molar-refractivity contribution in [3.63, 3.8) is 0 Å². The Balaban J connectivity index is 0.000000640. The van der Waals surface area contributed by atoms with Gasteiger partial charge in [0.25, 0.3) is 0 Å². The van der Waals surface area contributed by atoms with Gasteiger partial charge in [-0.2, -0.15) is 0 Å². The summed E-state index contributed by atoms with van der Waals surface area (Å²) in [5.74, 6) is 0.339. The topological polar surface area (TPSA) is 40.5 Å². The number of rotatable bonds is 0. The van der Waals surface area contributed by atoms with Crippen molar-refractivity contribution in [3.05, 3.63) is 24.3 Å². The molecule has 0 aromatic heterocycles. The largest absolute Gasteiger partial charge is 0.508 e. The van der Waals surface area contributed by atoms with Crippen LogP contribution in [0.25, 0.3) is 0 Å². The summed E-state index contributed by atoms with van der Waals surface area (Å²) in [5, 5.41) is 17.3. The third-order valence-corrected chi connectivity index (χ3v) is 0.850. The number of hydrogen-bond acceptors (Lipinski definition) is 2. The van der Waals surface area contributed by atoms with Crippen molar-refractivity contribution >= 4 is 29.6 Å². The van der Waals surface area contributed by atoms with E-state index in [0.29, 0.717) is 0 Å². The Labute approximate surface area is 75.4 Å². The van der Waals surface area contributed by atoms with Gasteiger partial charge in [0, 0.05) is 29.6 Å². The summed E-state index contributed by atoms with van der Waals surface area (Å²) in [6.45, 7) is 0. The Morgan fingerprint density at radius 3 is 1.22 bits per heavy atom. The molecule has 3 heteroatoms. The Morgan fingerprint density at radius 2 is 1.00 bits per heavy atom. The van der Waals surface area contributed by atoms with Gasteiger partial charge in [-0.25, -0.2) is 0 Å². The summed E-state index contributed by atoms with van der Waals surface area (Å²) in [4.78, 5) is 0. The Morgan fingerprint density at radius 1 is 0.778 bits per heavy atom. The molecule has 0 saturated heterocycles. The zero-order valence-electron chi connectivity index (χ0n) is 5.20. The molecule has 1 aromatic rings. The first-order valence-corrected chi connectivity index (χ1v) is 2.27. The van der Waals surface area contributed by atoms with E-state index in [9.17, 15) is 0 Å². The zero-order valence-corrected chi connectivity index (χ0v) is 7.20. The fourth-order valence-corrected chi connectivity index (χ4v) is 0.453. The zero-order chi connectivity index (χ0) is 5.98. The molecule has 0 aliphatic rings. The minimum absolute atomic E-state index is 0. The molecule has 0 aliphatic carbocycles. The molecule has 1 radical (unpaired) electrons. The Kier molecular flexibility index (Phi) is 3.70. The fourth-order valence-electron chi connectivity index (χ4n) is 0.453. The number of phenolic OH excluding ortho intramolecular Hbond substituents is 2. The second-order valence-corrected chi connectivity index (χ2v) is 1.52. The molecule has 0 bridgehead atoms. The van der Waals surface area contributed by atoms with Crippen LogP contribution < -0.4 is 0 Å². The second kappa shape index (κ2) is 3.77. The molecule has 0 aliphatic heterocycles. The maximum absolute atomic E-state index is 8.65. The first-order valence-electron chi connectivity index (χ1n) is 2.27. The van der Waals surface area contributed by atoms with Gasteiger partial charge in [0.1, 0.15) is 11.5 Å². The van der Waals surface area contributed by atoms with E-state index in [2.05, 4.69) is 0 Å². The van der Waals surface area contributed by atoms with Crippen LogP contribution in [-0.2, 0) is 0 Å². The first kappa shape index (κ1) is 8.82. The normalized spacial score (nSPS) is 8.00. The maximum Gasteiger partial charge on any atom is 0.115 e. The number of phenols is 2. The summed E-state index contributed by atoms with van der Waals surface area (Å²) in [7, 11) is 0. The first-order chi connectivity index (χ1) is 3.79. The minimum Gasteiger partial charge on any atom is -0.508 e. The third-order valence-electron chi connectivity index (χ3n) is 0.850. The van der Waals surface area contributed by atoms with E-state index in [1.807, 2.05) is 0 Å². The maximum atomic E-state index is 8.65. The summed E-state index contributed by atoms with van der Waals surface area (Å²) >= 11 is 0. The van der Waals surface area contributed by atoms with Crippen molar-refractivity contribution in [2.24, 2.45) is 0 Å². The van der Waals surface area contributed by atoms with E-state index >= 15 is 0 Å². The van der Waals surface area contributed by atoms with Crippen LogP contribution >= 0.6 is 0 Å². The Bertz CT molecular complexity index is 150. The van der Waals surface area contributed by atoms with Gasteiger partial charge in [0.2, 0.25) is 0 Å². The van der Waals surface area contributed by atoms with Crippen molar-refractivity contribution < 1.29 is 10.2 Å². The Hall–Kier alpha value is -0.180. The standard InChI is InChI=1S/C6H6O2.Na/c7-5-1-2-6(8)4-3-5;/h1-4,7-8H;. The van der Waals surface area contributed by atoms with Crippen LogP contribution in [0.5, 0.6) is 11.5 Å². The summed E-state index contributed by atoms with van der Waals surface area (Å²) < 4.78 is 0. The molecule has 2 nitrogen and oxygen atoms in total. The smallest absolute Gasteiger partial charge is 0.115 e. The van der Waals surface area contributed by atoms with Gasteiger partial charge in [0.15, 0.2) is 0 Å². The van der Waals surface area contributed by atoms with E-state index in [1.54, 1.807) is 0 Å². The molecule has 1 aromatic carbocycles. The average molecular weight is 133 g/mol. The van der Waals surface area contributed by atoms with E-state index < -0.39 is 0 Å². The van der Waals surface area contributed by atoms with Gasteiger partial charge in [-0.3, -0.25) is 0 Å². The monoisotopic (exact) mass is 133 g/mol. The van der Waals surface area contributed by atoms with E-state index in [4.69, 9.17) is 10.2 Å². The quantitative estimate of drug-likeness (QED) is 0.404. The van der Waals surface area contributed by atoms with Gasteiger partial charge in [-0.05, 0) is 24.3 Å². The van der Waals surface area contributed by atoms with Crippen LogP contribution in [0.4, 0.5) is 0 Å². The molecule has 0 amide bonds. The molecule has 0 saturated carbocycles. The SMILES string of the molecule is Oc1ccc(O)cc1.[Na]. The van der Waals surface area contributed by atoms with Gasteiger partial charge < -0.3 is 10.2 Å². The van der Waals surface area contributed by atoms with Gasteiger partial charge in [0.05, 0.1) is 0 Å². The molecule has 0 fully saturated rings. The fraction of sp³-hybridized carbons (Fsp3) is 0. The van der Waals surface area contributed by atoms with Gasteiger partial charge in [-0.15, -0.1) is 0 Å². The van der Waals surface area contributed by atoms with Crippen LogP contribution in [0.1, 0.15) is 0 Å². The molecule has 9 heavy (non-hydrogen) atoms. The molecular formula is C6H6NaO2. The molecule has 0 unspecified atom stereocenters. The number of hydrogen-bond donors (Lipinski definition) is 2. The number of benzene rings is 1. The predicted octanol–water partition coefficient (Wildman–Crippen LogP) is 0.717. The molecular weight excluding hydrogens is 127 g/mol. The molecule has 2 N–H and O–H groups in total. The van der Waals surface area contributed by atoms with Crippen LogP contribution in [0.15, 0.2) is 24.3 Å². The molecule has 0 heterocycles. The molecule has 43 valence electrons. The van der Waals surface area contributed by atoms with Crippen molar-refractivity contribution in [2.45, 2.75) is 0 Å². The average Bonchev–Trinajstić information content (AvgIpc) is 1.77. The van der Waals surface area contributed by atoms with E-state index in [1.165, 1.54) is 24.3 Å². The van der Waals surface area contributed by atoms with Crippen molar-refractivity contribution in [1.82, 2.24) is 0 Å². The van der Waals surface area contributed by atoms with Crippen LogP contribution in [-0.4, -0.2) is 39.8 Å². The van der Waals surface area contributed by atoms with Gasteiger partial charge >= 0.3 is 0 Å². The van der Waals surface area contributed by atoms with Crippen LogP contribution in [0.3, 0.4) is 0 Å². The predicted molar refractivity (Wildman–Crippen MR) is 35.5 cm³/mol. The summed E-state index contributed by atoms with van der Waals surface area (Å²) in [5.41, 5.74) is 0. The molecule has 1 rings (SSSR count). The summed E-state index contributed by atoms with van der Waals surface area (Å²) in [6, 6.07) is 5.70. The number of aromatic hydroxyl groups is 2. The van der Waals surface area contributed by atoms with E-state index in [0.717, 1.165) is 0 Å².